The number of carbonyl (C=O) groups is 1. The average molecular weight is 1130 g/mol. The highest BCUT2D eigenvalue weighted by Crippen LogP contribution is 2.38. The van der Waals surface area contributed by atoms with Crippen molar-refractivity contribution in [3.8, 4) is 0 Å². The van der Waals surface area contributed by atoms with Crippen LogP contribution in [0.25, 0.3) is 0 Å². The molecule has 0 saturated heterocycles. The van der Waals surface area contributed by atoms with Crippen LogP contribution in [0.4, 0.5) is 0 Å². The quantitative estimate of drug-likeness (QED) is 0.0272. The Morgan fingerprint density at radius 2 is 0.772 bits per heavy atom. The summed E-state index contributed by atoms with van der Waals surface area (Å²) in [4.78, 5) is 25.6. The molecule has 3 unspecified atom stereocenters. The average Bonchev–Trinajstić information content (AvgIpc) is 3.42. The Kier molecular flexibility index (Phi) is 58.5. The minimum atomic E-state index is -4.58. The highest BCUT2D eigenvalue weighted by Gasteiger charge is 2.24. The van der Waals surface area contributed by atoms with Crippen LogP contribution in [0.1, 0.15) is 303 Å². The summed E-state index contributed by atoms with van der Waals surface area (Å²) < 4.78 is 23.5. The number of hydrogen-bond donors (Lipinski definition) is 2. The Morgan fingerprint density at radius 1 is 0.456 bits per heavy atom. The molecular weight excluding hydrogens is 996 g/mol. The van der Waals surface area contributed by atoms with Crippen molar-refractivity contribution in [2.45, 2.75) is 315 Å². The van der Waals surface area contributed by atoms with E-state index in [1.54, 1.807) is 0 Å². The number of rotatable bonds is 61. The maximum absolute atomic E-state index is 13.0. The number of nitrogens with one attached hydrogen (secondary N) is 1. The number of phosphoric acid groups is 1. The second-order valence-corrected chi connectivity index (χ2v) is 25.2. The molecule has 0 saturated carbocycles. The van der Waals surface area contributed by atoms with Gasteiger partial charge >= 0.3 is 0 Å². The number of aliphatic hydroxyl groups excluding tert-OH is 1. The van der Waals surface area contributed by atoms with Crippen LogP contribution in [0.3, 0.4) is 0 Å². The third-order valence-electron chi connectivity index (χ3n) is 14.9. The van der Waals surface area contributed by atoms with Gasteiger partial charge in [0.15, 0.2) is 0 Å². The molecule has 9 heteroatoms. The Bertz CT molecular complexity index is 1560. The highest BCUT2D eigenvalue weighted by molar-refractivity contribution is 7.45. The van der Waals surface area contributed by atoms with Crippen molar-refractivity contribution in [3.05, 3.63) is 85.1 Å². The minimum absolute atomic E-state index is 0.0114. The van der Waals surface area contributed by atoms with E-state index in [0.29, 0.717) is 23.9 Å². The second kappa shape index (κ2) is 60.3. The zero-order valence-corrected chi connectivity index (χ0v) is 53.5. The molecule has 0 aliphatic carbocycles. The van der Waals surface area contributed by atoms with E-state index in [1.165, 1.54) is 193 Å². The number of unbranched alkanes of at least 4 members (excludes halogenated alkanes) is 34. The van der Waals surface area contributed by atoms with Gasteiger partial charge < -0.3 is 28.8 Å². The van der Waals surface area contributed by atoms with Gasteiger partial charge in [0, 0.05) is 6.42 Å². The normalized spacial score (nSPS) is 14.3. The summed E-state index contributed by atoms with van der Waals surface area (Å²) >= 11 is 0. The maximum atomic E-state index is 13.0. The maximum Gasteiger partial charge on any atom is 0.268 e. The molecule has 0 radical (unpaired) electrons. The van der Waals surface area contributed by atoms with Crippen molar-refractivity contribution in [1.82, 2.24) is 5.32 Å². The molecule has 0 aliphatic heterocycles. The number of carbonyl (C=O) groups excluding carboxylic acids is 1. The third kappa shape index (κ3) is 63.1. The number of quaternary nitrogens is 1. The third-order valence-corrected chi connectivity index (χ3v) is 15.9. The van der Waals surface area contributed by atoms with Crippen molar-refractivity contribution in [2.24, 2.45) is 0 Å². The van der Waals surface area contributed by atoms with E-state index in [-0.39, 0.29) is 19.1 Å². The molecule has 8 nitrogen and oxygen atoms in total. The molecule has 0 aliphatic rings. The van der Waals surface area contributed by atoms with Crippen LogP contribution >= 0.6 is 7.82 Å². The van der Waals surface area contributed by atoms with Gasteiger partial charge in [-0.3, -0.25) is 9.36 Å². The zero-order valence-electron chi connectivity index (χ0n) is 52.6. The first-order valence-corrected chi connectivity index (χ1v) is 34.9. The number of allylic oxidation sites excluding steroid dienone is 14. The molecule has 0 aromatic heterocycles. The van der Waals surface area contributed by atoms with E-state index in [1.807, 2.05) is 21.1 Å². The molecule has 0 aromatic carbocycles. The fraction of sp³-hybridized carbons (Fsp3) is 0.786. The van der Waals surface area contributed by atoms with Crippen molar-refractivity contribution in [1.29, 1.82) is 0 Å². The minimum Gasteiger partial charge on any atom is -0.756 e. The van der Waals surface area contributed by atoms with Crippen LogP contribution < -0.4 is 10.2 Å². The largest absolute Gasteiger partial charge is 0.756 e. The van der Waals surface area contributed by atoms with E-state index in [9.17, 15) is 19.4 Å². The first-order valence-electron chi connectivity index (χ1n) is 33.4. The van der Waals surface area contributed by atoms with Crippen LogP contribution in [0.15, 0.2) is 85.1 Å². The van der Waals surface area contributed by atoms with Crippen molar-refractivity contribution < 1.29 is 32.9 Å². The number of phosphoric ester groups is 1. The van der Waals surface area contributed by atoms with Gasteiger partial charge in [0.1, 0.15) is 13.2 Å². The molecule has 79 heavy (non-hydrogen) atoms. The predicted molar refractivity (Wildman–Crippen MR) is 343 cm³/mol. The smallest absolute Gasteiger partial charge is 0.268 e. The van der Waals surface area contributed by atoms with Gasteiger partial charge in [0.2, 0.25) is 5.91 Å². The standard InChI is InChI=1S/C70H129N2O6P/c1-6-8-10-12-14-16-18-20-22-24-26-27-28-29-30-31-32-33-34-35-36-37-38-39-40-41-42-43-44-45-46-48-50-52-54-56-58-60-62-64-70(74)71-68(67-78-79(75,76)77-66-65-72(3,4)5)69(73)63-61-59-57-55-53-51-49-47-25-23-21-19-17-15-13-11-9-7-2/h8,10,14,16,20,22,26-27,29-30,32-33,35-36,68-69,73H,6-7,9,11-13,15,17-19,21,23-25,28,31,34,37-67H2,1-5H3,(H-,71,74,75,76)/b10-8-,16-14-,22-20-,27-26-,30-29-,33-32-,36-35-. The summed E-state index contributed by atoms with van der Waals surface area (Å²) in [6, 6.07) is -0.803. The molecular formula is C70H129N2O6P. The van der Waals surface area contributed by atoms with Crippen LogP contribution in [-0.2, 0) is 18.4 Å². The van der Waals surface area contributed by atoms with Crippen LogP contribution in [0, 0.1) is 0 Å². The Labute approximate surface area is 490 Å². The van der Waals surface area contributed by atoms with E-state index < -0.39 is 20.0 Å². The van der Waals surface area contributed by atoms with Crippen LogP contribution in [0.2, 0.25) is 0 Å². The summed E-state index contributed by atoms with van der Waals surface area (Å²) in [7, 11) is 1.31. The molecule has 0 spiro atoms. The molecule has 0 aromatic rings. The SMILES string of the molecule is CC/C=C\C/C=C\C/C=C\C/C=C\C/C=C\C/C=C\C/C=C\CCCCCCCCCCCCCCCCCCCC(=O)NC(COP(=O)([O-])OCC[N+](C)(C)C)C(O)CCCCCCCCCCCCCCCCCCCC. The summed E-state index contributed by atoms with van der Waals surface area (Å²) in [6.45, 7) is 4.64. The van der Waals surface area contributed by atoms with E-state index >= 15 is 0 Å². The predicted octanol–water partition coefficient (Wildman–Crippen LogP) is 20.5. The second-order valence-electron chi connectivity index (χ2n) is 23.8. The molecule has 0 heterocycles. The van der Waals surface area contributed by atoms with Gasteiger partial charge in [-0.1, -0.05) is 311 Å². The van der Waals surface area contributed by atoms with E-state index in [4.69, 9.17) is 9.05 Å². The van der Waals surface area contributed by atoms with Gasteiger partial charge in [0.25, 0.3) is 7.82 Å². The molecule has 0 rings (SSSR count). The number of nitrogens with zero attached hydrogens (tertiary/aromatic N) is 1. The van der Waals surface area contributed by atoms with Crippen LogP contribution in [0.5, 0.6) is 0 Å². The molecule has 0 bridgehead atoms. The first kappa shape index (κ1) is 76.7. The lowest BCUT2D eigenvalue weighted by Gasteiger charge is -2.30. The summed E-state index contributed by atoms with van der Waals surface area (Å²) in [5.41, 5.74) is 0. The molecule has 3 atom stereocenters. The van der Waals surface area contributed by atoms with Crippen molar-refractivity contribution in [2.75, 3.05) is 40.9 Å². The molecule has 1 amide bonds. The lowest BCUT2D eigenvalue weighted by Crippen LogP contribution is -2.46. The lowest BCUT2D eigenvalue weighted by atomic mass is 10.0. The fourth-order valence-corrected chi connectivity index (χ4v) is 10.5. The van der Waals surface area contributed by atoms with Gasteiger partial charge in [-0.2, -0.15) is 0 Å². The zero-order chi connectivity index (χ0) is 57.7. The summed E-state index contributed by atoms with van der Waals surface area (Å²) in [6.07, 6.45) is 85.0. The summed E-state index contributed by atoms with van der Waals surface area (Å²) in [5, 5.41) is 14.1. The van der Waals surface area contributed by atoms with Gasteiger partial charge in [-0.05, 0) is 70.6 Å². The highest BCUT2D eigenvalue weighted by atomic mass is 31.2. The van der Waals surface area contributed by atoms with E-state index in [0.717, 1.165) is 83.5 Å². The Morgan fingerprint density at radius 3 is 1.13 bits per heavy atom. The Hall–Kier alpha value is -2.32. The lowest BCUT2D eigenvalue weighted by molar-refractivity contribution is -0.870. The number of amides is 1. The van der Waals surface area contributed by atoms with Crippen LogP contribution in [-0.4, -0.2) is 68.5 Å². The molecule has 460 valence electrons. The van der Waals surface area contributed by atoms with Crippen molar-refractivity contribution in [3.63, 3.8) is 0 Å². The monoisotopic (exact) mass is 1120 g/mol. The fourth-order valence-electron chi connectivity index (χ4n) is 9.73. The molecule has 2 N–H and O–H groups in total. The topological polar surface area (TPSA) is 108 Å². The number of likely N-dealkylation sites (N-methyl/N-ethyl adjacent to an activating group) is 1. The van der Waals surface area contributed by atoms with E-state index in [2.05, 4.69) is 104 Å². The summed E-state index contributed by atoms with van der Waals surface area (Å²) in [5.74, 6) is -0.163. The van der Waals surface area contributed by atoms with Gasteiger partial charge in [-0.15, -0.1) is 0 Å². The number of aliphatic hydroxyl groups is 1. The van der Waals surface area contributed by atoms with Gasteiger partial charge in [0.05, 0.1) is 39.9 Å². The first-order chi connectivity index (χ1) is 38.5. The van der Waals surface area contributed by atoms with Crippen molar-refractivity contribution >= 4 is 13.7 Å². The number of hydrogen-bond acceptors (Lipinski definition) is 6. The molecule has 0 fully saturated rings. The van der Waals surface area contributed by atoms with Gasteiger partial charge in [-0.25, -0.2) is 0 Å². The Balaban J connectivity index is 3.98.